The van der Waals surface area contributed by atoms with Gasteiger partial charge in [0.15, 0.2) is 0 Å². The van der Waals surface area contributed by atoms with Crippen molar-refractivity contribution in [1.29, 1.82) is 5.26 Å². The average molecular weight is 362 g/mol. The van der Waals surface area contributed by atoms with E-state index in [1.165, 1.54) is 6.08 Å². The summed E-state index contributed by atoms with van der Waals surface area (Å²) >= 11 is 0. The highest BCUT2D eigenvalue weighted by atomic mass is 16.5. The van der Waals surface area contributed by atoms with Gasteiger partial charge >= 0.3 is 0 Å². The first-order valence-corrected chi connectivity index (χ1v) is 8.91. The van der Waals surface area contributed by atoms with Crippen molar-refractivity contribution in [1.82, 2.24) is 4.90 Å². The maximum Gasteiger partial charge on any atom is 0.245 e. The molecular weight excluding hydrogens is 340 g/mol. The number of ether oxygens (including phenoxy) is 2. The maximum atomic E-state index is 11.7. The molecule has 2 aromatic rings. The van der Waals surface area contributed by atoms with Crippen LogP contribution in [-0.2, 0) is 4.79 Å². The van der Waals surface area contributed by atoms with E-state index in [9.17, 15) is 10.1 Å². The van der Waals surface area contributed by atoms with Crippen LogP contribution in [-0.4, -0.2) is 37.1 Å². The molecule has 0 saturated carbocycles. The number of rotatable bonds is 5. The summed E-state index contributed by atoms with van der Waals surface area (Å²) in [4.78, 5) is 13.5. The van der Waals surface area contributed by atoms with E-state index in [0.717, 1.165) is 29.7 Å². The Morgan fingerprint density at radius 1 is 1.22 bits per heavy atom. The Morgan fingerprint density at radius 2 is 1.96 bits per heavy atom. The monoisotopic (exact) mass is 362 g/mol. The van der Waals surface area contributed by atoms with Crippen molar-refractivity contribution in [3.05, 3.63) is 60.7 Å². The number of para-hydroxylation sites is 1. The lowest BCUT2D eigenvalue weighted by molar-refractivity contribution is -0.127. The molecule has 0 atom stereocenters. The zero-order valence-electron chi connectivity index (χ0n) is 15.4. The van der Waals surface area contributed by atoms with E-state index < -0.39 is 0 Å². The summed E-state index contributed by atoms with van der Waals surface area (Å²) in [7, 11) is 1.64. The van der Waals surface area contributed by atoms with E-state index in [2.05, 4.69) is 12.6 Å². The van der Waals surface area contributed by atoms with Crippen LogP contribution in [0.15, 0.2) is 55.1 Å². The molecule has 0 spiro atoms. The zero-order chi connectivity index (χ0) is 19.2. The average Bonchev–Trinajstić information content (AvgIpc) is 2.73. The topological polar surface area (TPSA) is 62.6 Å². The summed E-state index contributed by atoms with van der Waals surface area (Å²) in [6, 6.07) is 15.5. The number of hydrogen-bond acceptors (Lipinski definition) is 4. The van der Waals surface area contributed by atoms with Gasteiger partial charge < -0.3 is 14.4 Å². The molecule has 0 bridgehead atoms. The second kappa shape index (κ2) is 8.41. The highest BCUT2D eigenvalue weighted by Gasteiger charge is 2.23. The molecule has 2 aromatic carbocycles. The quantitative estimate of drug-likeness (QED) is 0.759. The van der Waals surface area contributed by atoms with Crippen LogP contribution >= 0.6 is 0 Å². The Hall–Kier alpha value is -3.26. The number of nitriles is 1. The molecule has 1 fully saturated rings. The fourth-order valence-corrected chi connectivity index (χ4v) is 3.27. The summed E-state index contributed by atoms with van der Waals surface area (Å²) < 4.78 is 11.6. The SMILES string of the molecule is C=CC(=O)N1CCC(Oc2cc(-c3ccccc3OC)ccc2C#N)CC1. The van der Waals surface area contributed by atoms with E-state index in [1.807, 2.05) is 36.4 Å². The van der Waals surface area contributed by atoms with Crippen LogP contribution in [0.5, 0.6) is 11.5 Å². The van der Waals surface area contributed by atoms with Crippen LogP contribution in [0, 0.1) is 11.3 Å². The second-order valence-corrected chi connectivity index (χ2v) is 6.37. The maximum absolute atomic E-state index is 11.7. The first-order valence-electron chi connectivity index (χ1n) is 8.91. The van der Waals surface area contributed by atoms with Gasteiger partial charge in [-0.25, -0.2) is 0 Å². The number of carbonyl (C=O) groups excluding carboxylic acids is 1. The minimum absolute atomic E-state index is 0.0288. The summed E-state index contributed by atoms with van der Waals surface area (Å²) in [6.45, 7) is 4.79. The Kier molecular flexibility index (Phi) is 5.77. The lowest BCUT2D eigenvalue weighted by atomic mass is 10.0. The van der Waals surface area contributed by atoms with Gasteiger partial charge in [-0.15, -0.1) is 0 Å². The van der Waals surface area contributed by atoms with Gasteiger partial charge in [0, 0.05) is 31.5 Å². The molecule has 3 rings (SSSR count). The molecule has 1 aliphatic rings. The first-order chi connectivity index (χ1) is 13.2. The predicted octanol–water partition coefficient (Wildman–Crippen LogP) is 3.79. The standard InChI is InChI=1S/C22H22N2O3/c1-3-22(25)24-12-10-18(11-13-24)27-21-14-16(8-9-17(21)15-23)19-6-4-5-7-20(19)26-2/h3-9,14,18H,1,10-13H2,2H3. The number of hydrogen-bond donors (Lipinski definition) is 0. The fourth-order valence-electron chi connectivity index (χ4n) is 3.27. The number of likely N-dealkylation sites (tertiary alicyclic amines) is 1. The summed E-state index contributed by atoms with van der Waals surface area (Å²) in [6.07, 6.45) is 2.76. The minimum atomic E-state index is -0.0515. The predicted molar refractivity (Wildman–Crippen MR) is 104 cm³/mol. The lowest BCUT2D eigenvalue weighted by Crippen LogP contribution is -2.41. The molecule has 0 radical (unpaired) electrons. The van der Waals surface area contributed by atoms with Crippen molar-refractivity contribution in [2.24, 2.45) is 0 Å². The highest BCUT2D eigenvalue weighted by molar-refractivity contribution is 5.87. The van der Waals surface area contributed by atoms with Gasteiger partial charge in [0.2, 0.25) is 5.91 Å². The van der Waals surface area contributed by atoms with Gasteiger partial charge in [0.05, 0.1) is 12.7 Å². The molecule has 5 nitrogen and oxygen atoms in total. The van der Waals surface area contributed by atoms with E-state index in [0.29, 0.717) is 24.4 Å². The fraction of sp³-hybridized carbons (Fsp3) is 0.273. The number of amides is 1. The Bertz CT molecular complexity index is 877. The lowest BCUT2D eigenvalue weighted by Gasteiger charge is -2.31. The van der Waals surface area contributed by atoms with Gasteiger partial charge in [-0.05, 0) is 29.8 Å². The second-order valence-electron chi connectivity index (χ2n) is 6.37. The van der Waals surface area contributed by atoms with E-state index in [-0.39, 0.29) is 12.0 Å². The van der Waals surface area contributed by atoms with Crippen LogP contribution in [0.25, 0.3) is 11.1 Å². The normalized spacial score (nSPS) is 14.3. The largest absolute Gasteiger partial charge is 0.496 e. The molecule has 1 saturated heterocycles. The first kappa shape index (κ1) is 18.5. The van der Waals surface area contributed by atoms with Crippen molar-refractivity contribution >= 4 is 5.91 Å². The number of nitrogens with zero attached hydrogens (tertiary/aromatic N) is 2. The highest BCUT2D eigenvalue weighted by Crippen LogP contribution is 2.34. The molecular formula is C22H22N2O3. The zero-order valence-corrected chi connectivity index (χ0v) is 15.4. The molecule has 0 unspecified atom stereocenters. The third-order valence-electron chi connectivity index (χ3n) is 4.74. The molecule has 1 aliphatic heterocycles. The molecule has 5 heteroatoms. The van der Waals surface area contributed by atoms with Crippen LogP contribution in [0.4, 0.5) is 0 Å². The summed E-state index contributed by atoms with van der Waals surface area (Å²) in [5, 5.41) is 9.44. The molecule has 1 heterocycles. The van der Waals surface area contributed by atoms with Crippen LogP contribution in [0.1, 0.15) is 18.4 Å². The molecule has 0 aliphatic carbocycles. The van der Waals surface area contributed by atoms with Gasteiger partial charge in [0.25, 0.3) is 0 Å². The van der Waals surface area contributed by atoms with Crippen molar-refractivity contribution < 1.29 is 14.3 Å². The van der Waals surface area contributed by atoms with Crippen molar-refractivity contribution in [2.75, 3.05) is 20.2 Å². The molecule has 138 valence electrons. The van der Waals surface area contributed by atoms with Gasteiger partial charge in [-0.2, -0.15) is 5.26 Å². The molecule has 0 aromatic heterocycles. The third-order valence-corrected chi connectivity index (χ3v) is 4.74. The molecule has 0 N–H and O–H groups in total. The number of benzene rings is 2. The van der Waals surface area contributed by atoms with Crippen LogP contribution in [0.3, 0.4) is 0 Å². The van der Waals surface area contributed by atoms with Gasteiger partial charge in [-0.3, -0.25) is 4.79 Å². The van der Waals surface area contributed by atoms with Gasteiger partial charge in [-0.1, -0.05) is 30.8 Å². The van der Waals surface area contributed by atoms with E-state index in [4.69, 9.17) is 9.47 Å². The Balaban J connectivity index is 1.80. The Morgan fingerprint density at radius 3 is 2.63 bits per heavy atom. The van der Waals surface area contributed by atoms with Gasteiger partial charge in [0.1, 0.15) is 23.7 Å². The summed E-state index contributed by atoms with van der Waals surface area (Å²) in [5.41, 5.74) is 2.37. The van der Waals surface area contributed by atoms with Crippen molar-refractivity contribution in [3.8, 4) is 28.7 Å². The van der Waals surface area contributed by atoms with Crippen molar-refractivity contribution in [3.63, 3.8) is 0 Å². The van der Waals surface area contributed by atoms with Crippen LogP contribution < -0.4 is 9.47 Å². The number of methoxy groups -OCH3 is 1. The Labute approximate surface area is 159 Å². The van der Waals surface area contributed by atoms with E-state index in [1.54, 1.807) is 18.1 Å². The number of carbonyl (C=O) groups is 1. The van der Waals surface area contributed by atoms with Crippen LogP contribution in [0.2, 0.25) is 0 Å². The number of piperidine rings is 1. The summed E-state index contributed by atoms with van der Waals surface area (Å²) in [5.74, 6) is 1.28. The smallest absolute Gasteiger partial charge is 0.245 e. The van der Waals surface area contributed by atoms with Crippen molar-refractivity contribution in [2.45, 2.75) is 18.9 Å². The third kappa shape index (κ3) is 4.12. The molecule has 27 heavy (non-hydrogen) atoms. The minimum Gasteiger partial charge on any atom is -0.496 e. The van der Waals surface area contributed by atoms with E-state index >= 15 is 0 Å². The molecule has 1 amide bonds.